The molecule has 0 saturated heterocycles. The lowest BCUT2D eigenvalue weighted by Crippen LogP contribution is -2.53. The predicted molar refractivity (Wildman–Crippen MR) is 181 cm³/mol. The van der Waals surface area contributed by atoms with Gasteiger partial charge < -0.3 is 15.0 Å². The van der Waals surface area contributed by atoms with Gasteiger partial charge in [-0.15, -0.1) is 0 Å². The molecule has 2 amide bonds. The fraction of sp³-hybridized carbons (Fsp3) is 0.235. The van der Waals surface area contributed by atoms with Crippen molar-refractivity contribution in [2.45, 2.75) is 37.8 Å². The Bertz CT molecular complexity index is 1690. The Kier molecular flexibility index (Phi) is 12.0. The van der Waals surface area contributed by atoms with Crippen LogP contribution in [0.3, 0.4) is 0 Å². The molecule has 0 aliphatic rings. The Morgan fingerprint density at radius 3 is 2.18 bits per heavy atom. The molecule has 0 aliphatic carbocycles. The quantitative estimate of drug-likeness (QED) is 0.162. The molecule has 1 atom stereocenters. The number of halogens is 2. The number of sulfonamides is 1. The van der Waals surface area contributed by atoms with Gasteiger partial charge in [0.15, 0.2) is 0 Å². The second-order valence-electron chi connectivity index (χ2n) is 10.1. The second-order valence-corrected chi connectivity index (χ2v) is 13.4. The number of benzene rings is 4. The maximum atomic E-state index is 14.4. The van der Waals surface area contributed by atoms with E-state index in [1.165, 1.54) is 17.0 Å². The molecule has 0 radical (unpaired) electrons. The van der Waals surface area contributed by atoms with Crippen molar-refractivity contribution in [3.63, 3.8) is 0 Å². The lowest BCUT2D eigenvalue weighted by molar-refractivity contribution is -0.140. The van der Waals surface area contributed by atoms with Gasteiger partial charge in [-0.25, -0.2) is 8.42 Å². The zero-order valence-corrected chi connectivity index (χ0v) is 28.2. The predicted octanol–water partition coefficient (Wildman–Crippen LogP) is 6.47. The van der Waals surface area contributed by atoms with Crippen molar-refractivity contribution in [3.05, 3.63) is 124 Å². The molecular weight excluding hydrogens is 678 g/mol. The molecule has 236 valence electrons. The molecule has 45 heavy (non-hydrogen) atoms. The van der Waals surface area contributed by atoms with Gasteiger partial charge in [0.05, 0.1) is 17.2 Å². The van der Waals surface area contributed by atoms with Crippen LogP contribution in [-0.4, -0.2) is 50.9 Å². The highest BCUT2D eigenvalue weighted by atomic mass is 79.9. The van der Waals surface area contributed by atoms with E-state index in [1.807, 2.05) is 43.3 Å². The van der Waals surface area contributed by atoms with Crippen molar-refractivity contribution >= 4 is 55.1 Å². The number of nitrogens with one attached hydrogen (secondary N) is 1. The number of carbonyl (C=O) groups is 2. The molecule has 0 heterocycles. The lowest BCUT2D eigenvalue weighted by Gasteiger charge is -2.34. The third-order valence-electron chi connectivity index (χ3n) is 6.98. The molecule has 4 rings (SSSR count). The average molecular weight is 713 g/mol. The Morgan fingerprint density at radius 1 is 0.889 bits per heavy atom. The minimum atomic E-state index is -4.22. The van der Waals surface area contributed by atoms with E-state index in [9.17, 15) is 18.0 Å². The van der Waals surface area contributed by atoms with Crippen LogP contribution in [-0.2, 0) is 32.6 Å². The maximum absolute atomic E-state index is 14.4. The standard InChI is InChI=1S/C34H35BrClN3O5S/c1-3-37-34(41)32(22-25-9-6-5-7-10-25)38(23-26-11-8-12-28(36)21-26)33(40)24-39(29-15-17-30(18-16-29)44-4-2)45(42,43)31-19-13-27(35)14-20-31/h5-21,32H,3-4,22-24H2,1-2H3,(H,37,41)/t32-/m1/s1. The van der Waals surface area contributed by atoms with Crippen LogP contribution in [0.4, 0.5) is 5.69 Å². The molecule has 0 bridgehead atoms. The molecule has 0 aliphatic heterocycles. The molecule has 0 aromatic heterocycles. The van der Waals surface area contributed by atoms with Gasteiger partial charge in [-0.3, -0.25) is 13.9 Å². The normalized spacial score (nSPS) is 11.8. The van der Waals surface area contributed by atoms with Crippen molar-refractivity contribution in [1.82, 2.24) is 10.2 Å². The molecule has 0 unspecified atom stereocenters. The first-order valence-electron chi connectivity index (χ1n) is 14.5. The third kappa shape index (κ3) is 9.09. The van der Waals surface area contributed by atoms with Gasteiger partial charge in [0.2, 0.25) is 11.8 Å². The van der Waals surface area contributed by atoms with Crippen LogP contribution in [0.2, 0.25) is 5.02 Å². The van der Waals surface area contributed by atoms with Crippen molar-refractivity contribution in [2.75, 3.05) is 24.0 Å². The van der Waals surface area contributed by atoms with Crippen molar-refractivity contribution in [2.24, 2.45) is 0 Å². The van der Waals surface area contributed by atoms with Crippen LogP contribution < -0.4 is 14.4 Å². The molecular formula is C34H35BrClN3O5S. The summed E-state index contributed by atoms with van der Waals surface area (Å²) in [5, 5.41) is 3.33. The van der Waals surface area contributed by atoms with E-state index >= 15 is 0 Å². The topological polar surface area (TPSA) is 96.0 Å². The summed E-state index contributed by atoms with van der Waals surface area (Å²) in [6.45, 7) is 3.94. The summed E-state index contributed by atoms with van der Waals surface area (Å²) in [5.41, 5.74) is 1.82. The molecule has 0 fully saturated rings. The van der Waals surface area contributed by atoms with E-state index < -0.39 is 28.5 Å². The monoisotopic (exact) mass is 711 g/mol. The second kappa shape index (κ2) is 15.9. The van der Waals surface area contributed by atoms with Gasteiger partial charge in [0.25, 0.3) is 10.0 Å². The fourth-order valence-corrected chi connectivity index (χ4v) is 6.71. The first kappa shape index (κ1) is 34.0. The molecule has 0 saturated carbocycles. The van der Waals surface area contributed by atoms with Crippen molar-refractivity contribution < 1.29 is 22.7 Å². The number of rotatable bonds is 14. The zero-order chi connectivity index (χ0) is 32.4. The summed E-state index contributed by atoms with van der Waals surface area (Å²) >= 11 is 9.64. The summed E-state index contributed by atoms with van der Waals surface area (Å²) in [4.78, 5) is 29.5. The molecule has 4 aromatic rings. The molecule has 0 spiro atoms. The minimum Gasteiger partial charge on any atom is -0.494 e. The molecule has 8 nitrogen and oxygen atoms in total. The largest absolute Gasteiger partial charge is 0.494 e. The highest BCUT2D eigenvalue weighted by Crippen LogP contribution is 2.28. The Morgan fingerprint density at radius 2 is 1.56 bits per heavy atom. The maximum Gasteiger partial charge on any atom is 0.264 e. The number of nitrogens with zero attached hydrogens (tertiary/aromatic N) is 2. The zero-order valence-electron chi connectivity index (χ0n) is 25.0. The highest BCUT2D eigenvalue weighted by Gasteiger charge is 2.34. The van der Waals surface area contributed by atoms with Crippen molar-refractivity contribution in [3.8, 4) is 5.75 Å². The van der Waals surface area contributed by atoms with Gasteiger partial charge in [-0.05, 0) is 85.6 Å². The number of anilines is 1. The van der Waals surface area contributed by atoms with Crippen LogP contribution in [0.15, 0.2) is 112 Å². The summed E-state index contributed by atoms with van der Waals surface area (Å²) in [5.74, 6) is -0.341. The number of hydrogen-bond acceptors (Lipinski definition) is 5. The van der Waals surface area contributed by atoms with Crippen LogP contribution >= 0.6 is 27.5 Å². The van der Waals surface area contributed by atoms with E-state index in [4.69, 9.17) is 16.3 Å². The number of hydrogen-bond donors (Lipinski definition) is 1. The van der Waals surface area contributed by atoms with Crippen LogP contribution in [0, 0.1) is 0 Å². The van der Waals surface area contributed by atoms with E-state index in [2.05, 4.69) is 21.2 Å². The van der Waals surface area contributed by atoms with Gasteiger partial charge in [0, 0.05) is 29.0 Å². The SMILES string of the molecule is CCNC(=O)[C@@H](Cc1ccccc1)N(Cc1cccc(Cl)c1)C(=O)CN(c1ccc(OCC)cc1)S(=O)(=O)c1ccc(Br)cc1. The summed E-state index contributed by atoms with van der Waals surface area (Å²) in [6, 6.07) is 28.2. The van der Waals surface area contributed by atoms with Gasteiger partial charge >= 0.3 is 0 Å². The smallest absolute Gasteiger partial charge is 0.264 e. The summed E-state index contributed by atoms with van der Waals surface area (Å²) in [7, 11) is -4.22. The van der Waals surface area contributed by atoms with Gasteiger partial charge in [0.1, 0.15) is 18.3 Å². The van der Waals surface area contributed by atoms with Gasteiger partial charge in [-0.1, -0.05) is 70.0 Å². The first-order chi connectivity index (χ1) is 21.6. The van der Waals surface area contributed by atoms with E-state index in [0.717, 1.165) is 9.87 Å². The van der Waals surface area contributed by atoms with Crippen LogP contribution in [0.5, 0.6) is 5.75 Å². The Balaban J connectivity index is 1.79. The first-order valence-corrected chi connectivity index (χ1v) is 17.1. The third-order valence-corrected chi connectivity index (χ3v) is 9.53. The number of ether oxygens (including phenoxy) is 1. The average Bonchev–Trinajstić information content (AvgIpc) is 3.03. The van der Waals surface area contributed by atoms with E-state index in [1.54, 1.807) is 61.5 Å². The molecule has 1 N–H and O–H groups in total. The van der Waals surface area contributed by atoms with Crippen LogP contribution in [0.25, 0.3) is 0 Å². The Hall–Kier alpha value is -3.86. The van der Waals surface area contributed by atoms with Gasteiger partial charge in [-0.2, -0.15) is 0 Å². The summed E-state index contributed by atoms with van der Waals surface area (Å²) in [6.07, 6.45) is 0.224. The van der Waals surface area contributed by atoms with E-state index in [-0.39, 0.29) is 29.5 Å². The Labute approximate surface area is 278 Å². The highest BCUT2D eigenvalue weighted by molar-refractivity contribution is 9.10. The van der Waals surface area contributed by atoms with Crippen LogP contribution in [0.1, 0.15) is 25.0 Å². The molecule has 4 aromatic carbocycles. The van der Waals surface area contributed by atoms with Crippen molar-refractivity contribution in [1.29, 1.82) is 0 Å². The lowest BCUT2D eigenvalue weighted by atomic mass is 10.0. The number of carbonyl (C=O) groups excluding carboxylic acids is 2. The fourth-order valence-electron chi connectivity index (χ4n) is 4.82. The summed E-state index contributed by atoms with van der Waals surface area (Å²) < 4.78 is 35.6. The number of amides is 2. The minimum absolute atomic E-state index is 0.0123. The number of likely N-dealkylation sites (N-methyl/N-ethyl adjacent to an activating group) is 1. The molecule has 11 heteroatoms. The van der Waals surface area contributed by atoms with E-state index in [0.29, 0.717) is 34.0 Å².